The fraction of sp³-hybridized carbons (Fsp3) is 0.0769. The highest BCUT2D eigenvalue weighted by atomic mass is 127. The van der Waals surface area contributed by atoms with Gasteiger partial charge in [-0.1, -0.05) is 0 Å². The molecule has 3 aromatic rings. The summed E-state index contributed by atoms with van der Waals surface area (Å²) < 4.78 is 4.04. The first-order valence-electron chi connectivity index (χ1n) is 6.11. The molecule has 0 amide bonds. The molecule has 0 radical (unpaired) electrons. The van der Waals surface area contributed by atoms with Crippen LogP contribution in [0.25, 0.3) is 5.69 Å². The van der Waals surface area contributed by atoms with E-state index in [1.165, 1.54) is 28.2 Å². The summed E-state index contributed by atoms with van der Waals surface area (Å²) in [6, 6.07) is 7.67. The van der Waals surface area contributed by atoms with Crippen LogP contribution < -0.4 is 5.56 Å². The number of hydrogen-bond acceptors (Lipinski definition) is 4. The molecule has 0 fully saturated rings. The first-order chi connectivity index (χ1) is 10.1. The molecule has 0 bridgehead atoms. The zero-order chi connectivity index (χ0) is 14.8. The van der Waals surface area contributed by atoms with Crippen LogP contribution in [0.4, 0.5) is 0 Å². The SMILES string of the molecule is Cc1[nH]n(-c2ccc(I)cc2)c(=O)c1C=Nn1cnnc1. The molecule has 0 aliphatic carbocycles. The van der Waals surface area contributed by atoms with Crippen molar-refractivity contribution in [3.8, 4) is 5.69 Å². The van der Waals surface area contributed by atoms with E-state index in [-0.39, 0.29) is 5.56 Å². The molecule has 2 heterocycles. The van der Waals surface area contributed by atoms with Gasteiger partial charge in [0.2, 0.25) is 0 Å². The average Bonchev–Trinajstić information content (AvgIpc) is 3.07. The molecule has 0 saturated carbocycles. The maximum Gasteiger partial charge on any atom is 0.280 e. The number of hydrogen-bond donors (Lipinski definition) is 1. The van der Waals surface area contributed by atoms with Crippen LogP contribution in [-0.4, -0.2) is 30.9 Å². The Morgan fingerprint density at radius 2 is 1.90 bits per heavy atom. The molecule has 1 N–H and O–H groups in total. The van der Waals surface area contributed by atoms with Crippen LogP contribution in [-0.2, 0) is 0 Å². The van der Waals surface area contributed by atoms with Gasteiger partial charge in [0.25, 0.3) is 5.56 Å². The van der Waals surface area contributed by atoms with E-state index in [1.54, 1.807) is 0 Å². The summed E-state index contributed by atoms with van der Waals surface area (Å²) in [7, 11) is 0. The number of aromatic nitrogens is 5. The summed E-state index contributed by atoms with van der Waals surface area (Å²) >= 11 is 2.22. The molecular formula is C13H11IN6O. The summed E-state index contributed by atoms with van der Waals surface area (Å²) in [5.74, 6) is 0. The van der Waals surface area contributed by atoms with E-state index in [9.17, 15) is 4.79 Å². The van der Waals surface area contributed by atoms with Crippen LogP contribution in [0, 0.1) is 10.5 Å². The molecule has 1 aromatic carbocycles. The third-order valence-corrected chi connectivity index (χ3v) is 3.65. The van der Waals surface area contributed by atoms with E-state index in [0.29, 0.717) is 5.56 Å². The third-order valence-electron chi connectivity index (χ3n) is 2.93. The second-order valence-electron chi connectivity index (χ2n) is 4.35. The Bertz CT molecular complexity index is 829. The van der Waals surface area contributed by atoms with Crippen molar-refractivity contribution in [1.82, 2.24) is 24.7 Å². The van der Waals surface area contributed by atoms with Crippen LogP contribution >= 0.6 is 22.6 Å². The highest BCUT2D eigenvalue weighted by Gasteiger charge is 2.10. The number of halogens is 1. The molecule has 2 aromatic heterocycles. The van der Waals surface area contributed by atoms with E-state index in [4.69, 9.17) is 0 Å². The lowest BCUT2D eigenvalue weighted by atomic mass is 10.3. The lowest BCUT2D eigenvalue weighted by molar-refractivity contribution is 0.835. The maximum atomic E-state index is 12.4. The Morgan fingerprint density at radius 3 is 2.57 bits per heavy atom. The Hall–Kier alpha value is -2.23. The second kappa shape index (κ2) is 5.64. The molecule has 8 heteroatoms. The van der Waals surface area contributed by atoms with Crippen LogP contribution in [0.5, 0.6) is 0 Å². The zero-order valence-electron chi connectivity index (χ0n) is 11.1. The van der Waals surface area contributed by atoms with Crippen LogP contribution in [0.3, 0.4) is 0 Å². The fourth-order valence-corrected chi connectivity index (χ4v) is 2.22. The highest BCUT2D eigenvalue weighted by molar-refractivity contribution is 14.1. The molecule has 0 aliphatic rings. The molecule has 0 atom stereocenters. The van der Waals surface area contributed by atoms with Gasteiger partial charge in [-0.15, -0.1) is 10.2 Å². The smallest absolute Gasteiger partial charge is 0.280 e. The van der Waals surface area contributed by atoms with Crippen LogP contribution in [0.1, 0.15) is 11.3 Å². The summed E-state index contributed by atoms with van der Waals surface area (Å²) in [6.45, 7) is 1.83. The molecule has 0 unspecified atom stereocenters. The van der Waals surface area contributed by atoms with Crippen molar-refractivity contribution in [2.45, 2.75) is 6.92 Å². The number of nitrogens with one attached hydrogen (secondary N) is 1. The second-order valence-corrected chi connectivity index (χ2v) is 5.60. The molecule has 0 saturated heterocycles. The molecule has 0 aliphatic heterocycles. The van der Waals surface area contributed by atoms with Gasteiger partial charge in [0.05, 0.1) is 17.5 Å². The summed E-state index contributed by atoms with van der Waals surface area (Å²) in [5, 5.41) is 14.5. The molecule has 3 rings (SSSR count). The van der Waals surface area contributed by atoms with Gasteiger partial charge in [0, 0.05) is 9.26 Å². The summed E-state index contributed by atoms with van der Waals surface area (Å²) in [4.78, 5) is 12.4. The number of aromatic amines is 1. The Labute approximate surface area is 133 Å². The van der Waals surface area contributed by atoms with Crippen molar-refractivity contribution >= 4 is 28.8 Å². The van der Waals surface area contributed by atoms with Crippen LogP contribution in [0.2, 0.25) is 0 Å². The molecule has 7 nitrogen and oxygen atoms in total. The van der Waals surface area contributed by atoms with E-state index in [1.807, 2.05) is 31.2 Å². The zero-order valence-corrected chi connectivity index (χ0v) is 13.2. The van der Waals surface area contributed by atoms with E-state index < -0.39 is 0 Å². The third kappa shape index (κ3) is 2.79. The van der Waals surface area contributed by atoms with Gasteiger partial charge >= 0.3 is 0 Å². The first kappa shape index (κ1) is 13.7. The predicted molar refractivity (Wildman–Crippen MR) is 86.9 cm³/mol. The van der Waals surface area contributed by atoms with Crippen LogP contribution in [0.15, 0.2) is 46.8 Å². The molecule has 106 valence electrons. The number of rotatable bonds is 3. The summed E-state index contributed by atoms with van der Waals surface area (Å²) in [5.41, 5.74) is 1.88. The Kier molecular flexibility index (Phi) is 3.69. The minimum absolute atomic E-state index is 0.148. The Morgan fingerprint density at radius 1 is 1.24 bits per heavy atom. The number of benzene rings is 1. The van der Waals surface area contributed by atoms with Crippen molar-refractivity contribution in [2.24, 2.45) is 5.10 Å². The lowest BCUT2D eigenvalue weighted by Crippen LogP contribution is -2.17. The topological polar surface area (TPSA) is 80.9 Å². The van der Waals surface area contributed by atoms with E-state index >= 15 is 0 Å². The largest absolute Gasteiger partial charge is 0.295 e. The maximum absolute atomic E-state index is 12.4. The normalized spacial score (nSPS) is 11.3. The van der Waals surface area contributed by atoms with Gasteiger partial charge in [0.1, 0.15) is 12.7 Å². The number of nitrogens with zero attached hydrogens (tertiary/aromatic N) is 5. The van der Waals surface area contributed by atoms with Gasteiger partial charge in [-0.3, -0.25) is 9.89 Å². The minimum Gasteiger partial charge on any atom is -0.295 e. The van der Waals surface area contributed by atoms with Gasteiger partial charge in [0.15, 0.2) is 0 Å². The molecular weight excluding hydrogens is 383 g/mol. The van der Waals surface area contributed by atoms with Crippen molar-refractivity contribution in [3.63, 3.8) is 0 Å². The fourth-order valence-electron chi connectivity index (χ4n) is 1.86. The predicted octanol–water partition coefficient (Wildman–Crippen LogP) is 1.55. The summed E-state index contributed by atoms with van der Waals surface area (Å²) in [6.07, 6.45) is 4.41. The van der Waals surface area contributed by atoms with Crippen molar-refractivity contribution < 1.29 is 0 Å². The van der Waals surface area contributed by atoms with Gasteiger partial charge in [-0.2, -0.15) is 5.10 Å². The van der Waals surface area contributed by atoms with Gasteiger partial charge in [-0.25, -0.2) is 9.36 Å². The first-order valence-corrected chi connectivity index (χ1v) is 7.19. The average molecular weight is 394 g/mol. The van der Waals surface area contributed by atoms with E-state index in [0.717, 1.165) is 15.0 Å². The van der Waals surface area contributed by atoms with Gasteiger partial charge < -0.3 is 0 Å². The number of aryl methyl sites for hydroxylation is 1. The number of H-pyrrole nitrogens is 1. The van der Waals surface area contributed by atoms with Crippen molar-refractivity contribution in [3.05, 3.63) is 62.1 Å². The van der Waals surface area contributed by atoms with Crippen molar-refractivity contribution in [1.29, 1.82) is 0 Å². The molecule has 21 heavy (non-hydrogen) atoms. The van der Waals surface area contributed by atoms with Gasteiger partial charge in [-0.05, 0) is 53.8 Å². The monoisotopic (exact) mass is 394 g/mol. The Balaban J connectivity index is 2.00. The highest BCUT2D eigenvalue weighted by Crippen LogP contribution is 2.10. The lowest BCUT2D eigenvalue weighted by Gasteiger charge is -2.00. The minimum atomic E-state index is -0.148. The van der Waals surface area contributed by atoms with Crippen molar-refractivity contribution in [2.75, 3.05) is 0 Å². The standard InChI is InChI=1S/C13H11IN6O/c1-9-12(6-17-19-7-15-16-8-19)13(21)20(18-9)11-4-2-10(14)3-5-11/h2-8,18H,1H3. The van der Waals surface area contributed by atoms with E-state index in [2.05, 4.69) is 43.0 Å². The quantitative estimate of drug-likeness (QED) is 0.541. The molecule has 0 spiro atoms.